The number of benzene rings is 3. The van der Waals surface area contributed by atoms with Gasteiger partial charge in [0.1, 0.15) is 0 Å². The molecular weight excluding hydrogens is 490 g/mol. The summed E-state index contributed by atoms with van der Waals surface area (Å²) in [7, 11) is 0. The van der Waals surface area contributed by atoms with Crippen LogP contribution in [0.25, 0.3) is 0 Å². The zero-order valence-electron chi connectivity index (χ0n) is 22.4. The van der Waals surface area contributed by atoms with Crippen LogP contribution in [-0.2, 0) is 20.9 Å². The van der Waals surface area contributed by atoms with Gasteiger partial charge in [0.25, 0.3) is 5.91 Å². The molecule has 2 amide bonds. The van der Waals surface area contributed by atoms with Crippen molar-refractivity contribution >= 4 is 35.0 Å². The van der Waals surface area contributed by atoms with Gasteiger partial charge in [0.05, 0.1) is 17.6 Å². The fourth-order valence-corrected chi connectivity index (χ4v) is 7.97. The Balaban J connectivity index is 1.28. The van der Waals surface area contributed by atoms with Gasteiger partial charge >= 0.3 is 0 Å². The summed E-state index contributed by atoms with van der Waals surface area (Å²) in [5.41, 5.74) is 6.22. The number of amides is 2. The van der Waals surface area contributed by atoms with Gasteiger partial charge < -0.3 is 0 Å². The Morgan fingerprint density at radius 1 is 0.895 bits per heavy atom. The molecule has 3 aliphatic rings. The fourth-order valence-electron chi connectivity index (χ4n) is 6.44. The third-order valence-electron chi connectivity index (χ3n) is 8.21. The zero-order chi connectivity index (χ0) is 26.4. The van der Waals surface area contributed by atoms with E-state index in [-0.39, 0.29) is 17.1 Å². The van der Waals surface area contributed by atoms with Crippen LogP contribution in [0.15, 0.2) is 72.8 Å². The quantitative estimate of drug-likeness (QED) is 0.417. The highest BCUT2D eigenvalue weighted by Gasteiger charge is 2.63. The maximum absolute atomic E-state index is 14.5. The highest BCUT2D eigenvalue weighted by molar-refractivity contribution is 8.03. The molecule has 0 saturated carbocycles. The Bertz CT molecular complexity index is 1350. The van der Waals surface area contributed by atoms with Gasteiger partial charge in [0.2, 0.25) is 10.8 Å². The topological polar surface area (TPSA) is 43.9 Å². The number of para-hydroxylation sites is 1. The summed E-state index contributed by atoms with van der Waals surface area (Å²) in [6.07, 6.45) is 3.37. The van der Waals surface area contributed by atoms with Crippen LogP contribution in [0.1, 0.15) is 42.0 Å². The van der Waals surface area contributed by atoms with E-state index in [1.165, 1.54) is 17.3 Å². The third kappa shape index (κ3) is 4.24. The van der Waals surface area contributed by atoms with Crippen molar-refractivity contribution in [3.63, 3.8) is 0 Å². The Kier molecular flexibility index (Phi) is 6.57. The number of fused-ring (bicyclic) bond motifs is 2. The molecule has 196 valence electrons. The van der Waals surface area contributed by atoms with Crippen LogP contribution in [0.2, 0.25) is 0 Å². The van der Waals surface area contributed by atoms with Crippen molar-refractivity contribution < 1.29 is 9.59 Å². The van der Waals surface area contributed by atoms with Gasteiger partial charge in [-0.1, -0.05) is 54.6 Å². The van der Waals surface area contributed by atoms with Crippen molar-refractivity contribution in [2.45, 2.75) is 50.2 Å². The van der Waals surface area contributed by atoms with Crippen molar-refractivity contribution in [2.75, 3.05) is 29.6 Å². The van der Waals surface area contributed by atoms with Gasteiger partial charge in [-0.2, -0.15) is 0 Å². The van der Waals surface area contributed by atoms with Gasteiger partial charge in [-0.15, -0.1) is 11.8 Å². The summed E-state index contributed by atoms with van der Waals surface area (Å²) in [6, 6.07) is 25.0. The lowest BCUT2D eigenvalue weighted by molar-refractivity contribution is -0.124. The first-order valence-electron chi connectivity index (χ1n) is 13.6. The normalized spacial score (nSPS) is 24.0. The lowest BCUT2D eigenvalue weighted by Gasteiger charge is -2.36. The molecule has 5 nitrogen and oxygen atoms in total. The molecule has 0 aliphatic carbocycles. The molecule has 38 heavy (non-hydrogen) atoms. The van der Waals surface area contributed by atoms with Gasteiger partial charge in [-0.25, -0.2) is 0 Å². The average Bonchev–Trinajstić information content (AvgIpc) is 3.30. The van der Waals surface area contributed by atoms with Crippen LogP contribution < -0.4 is 9.80 Å². The number of thioether (sulfide) groups is 1. The molecule has 0 radical (unpaired) electrons. The van der Waals surface area contributed by atoms with E-state index in [9.17, 15) is 9.59 Å². The molecule has 2 atom stereocenters. The summed E-state index contributed by atoms with van der Waals surface area (Å²) in [6.45, 7) is 8.50. The molecule has 3 aromatic carbocycles. The summed E-state index contributed by atoms with van der Waals surface area (Å²) in [5, 5.41) is -0.304. The summed E-state index contributed by atoms with van der Waals surface area (Å²) >= 11 is 1.48. The van der Waals surface area contributed by atoms with Crippen LogP contribution in [0.3, 0.4) is 0 Å². The van der Waals surface area contributed by atoms with E-state index in [0.717, 1.165) is 60.4 Å². The minimum Gasteiger partial charge on any atom is -0.295 e. The van der Waals surface area contributed by atoms with E-state index >= 15 is 0 Å². The Hall–Kier alpha value is -3.09. The molecule has 2 fully saturated rings. The molecule has 0 bridgehead atoms. The van der Waals surface area contributed by atoms with E-state index in [2.05, 4.69) is 41.3 Å². The number of piperidine rings is 1. The number of hydrogen-bond acceptors (Lipinski definition) is 4. The first kappa shape index (κ1) is 25.2. The predicted molar refractivity (Wildman–Crippen MR) is 155 cm³/mol. The maximum Gasteiger partial charge on any atom is 0.269 e. The Morgan fingerprint density at radius 3 is 2.26 bits per heavy atom. The monoisotopic (exact) mass is 525 g/mol. The van der Waals surface area contributed by atoms with Crippen LogP contribution in [-0.4, -0.2) is 41.7 Å². The standard InChI is InChI=1S/C32H35N3O2S/c1-22-17-23(2)19-27(18-22)35-30(36)24(3)38-32(35)28-11-7-8-12-29(28)34(31(32)37)21-33-15-13-26(14-16-33)20-25-9-5-4-6-10-25/h4-12,17-19,24,26H,13-16,20-21H2,1-3H3/t24-,32-/m1/s1. The largest absolute Gasteiger partial charge is 0.295 e. The Labute approximate surface area is 229 Å². The molecule has 0 N–H and O–H groups in total. The third-order valence-corrected chi connectivity index (χ3v) is 9.68. The van der Waals surface area contributed by atoms with Gasteiger partial charge in [-0.3, -0.25) is 24.3 Å². The van der Waals surface area contributed by atoms with E-state index < -0.39 is 4.87 Å². The Morgan fingerprint density at radius 2 is 1.55 bits per heavy atom. The smallest absolute Gasteiger partial charge is 0.269 e. The second-order valence-electron chi connectivity index (χ2n) is 11.1. The SMILES string of the molecule is Cc1cc(C)cc(N2C(=O)[C@@H](C)S[C@]23C(=O)N(CN2CCC(Cc4ccccc4)CC2)c2ccccc23)c1. The number of anilines is 2. The highest BCUT2D eigenvalue weighted by Crippen LogP contribution is 2.58. The minimum absolute atomic E-state index is 0.00744. The molecule has 1 spiro atoms. The second-order valence-corrected chi connectivity index (χ2v) is 12.6. The van der Waals surface area contributed by atoms with Crippen LogP contribution in [0.4, 0.5) is 11.4 Å². The summed E-state index contributed by atoms with van der Waals surface area (Å²) in [5.74, 6) is 0.657. The van der Waals surface area contributed by atoms with Crippen molar-refractivity contribution in [1.82, 2.24) is 4.90 Å². The van der Waals surface area contributed by atoms with E-state index in [1.807, 2.05) is 62.1 Å². The molecule has 3 heterocycles. The molecule has 0 aromatic heterocycles. The van der Waals surface area contributed by atoms with Gasteiger partial charge in [0.15, 0.2) is 0 Å². The number of hydrogen-bond donors (Lipinski definition) is 0. The highest BCUT2D eigenvalue weighted by atomic mass is 32.2. The molecule has 3 aromatic rings. The number of carbonyl (C=O) groups is 2. The molecule has 6 rings (SSSR count). The average molecular weight is 526 g/mol. The fraction of sp³-hybridized carbons (Fsp3) is 0.375. The molecule has 2 saturated heterocycles. The molecule has 0 unspecified atom stereocenters. The minimum atomic E-state index is -1.07. The van der Waals surface area contributed by atoms with Crippen LogP contribution in [0, 0.1) is 19.8 Å². The first-order chi connectivity index (χ1) is 18.4. The van der Waals surface area contributed by atoms with Gasteiger partial charge in [0, 0.05) is 24.3 Å². The van der Waals surface area contributed by atoms with E-state index in [0.29, 0.717) is 12.6 Å². The number of likely N-dealkylation sites (tertiary alicyclic amines) is 1. The number of nitrogens with zero attached hydrogens (tertiary/aromatic N) is 3. The molecular formula is C32H35N3O2S. The molecule has 6 heteroatoms. The van der Waals surface area contributed by atoms with Crippen LogP contribution >= 0.6 is 11.8 Å². The first-order valence-corrected chi connectivity index (χ1v) is 14.5. The van der Waals surface area contributed by atoms with E-state index in [1.54, 1.807) is 4.90 Å². The van der Waals surface area contributed by atoms with Crippen LogP contribution in [0.5, 0.6) is 0 Å². The second kappa shape index (κ2) is 9.90. The number of aryl methyl sites for hydroxylation is 2. The summed E-state index contributed by atoms with van der Waals surface area (Å²) < 4.78 is 0. The van der Waals surface area contributed by atoms with E-state index in [4.69, 9.17) is 0 Å². The summed E-state index contributed by atoms with van der Waals surface area (Å²) in [4.78, 5) is 33.2. The van der Waals surface area contributed by atoms with Crippen molar-refractivity contribution in [2.24, 2.45) is 5.92 Å². The lowest BCUT2D eigenvalue weighted by atomic mass is 9.90. The number of carbonyl (C=O) groups excluding carboxylic acids is 2. The zero-order valence-corrected chi connectivity index (χ0v) is 23.2. The predicted octanol–water partition coefficient (Wildman–Crippen LogP) is 5.88. The lowest BCUT2D eigenvalue weighted by Crippen LogP contribution is -2.52. The molecule has 3 aliphatic heterocycles. The maximum atomic E-state index is 14.5. The number of rotatable bonds is 5. The van der Waals surface area contributed by atoms with Gasteiger partial charge in [-0.05, 0) is 80.8 Å². The van der Waals surface area contributed by atoms with Crippen molar-refractivity contribution in [3.05, 3.63) is 95.1 Å². The van der Waals surface area contributed by atoms with Crippen molar-refractivity contribution in [3.8, 4) is 0 Å². The van der Waals surface area contributed by atoms with Crippen molar-refractivity contribution in [1.29, 1.82) is 0 Å².